The van der Waals surface area contributed by atoms with E-state index in [0.717, 1.165) is 12.0 Å². The van der Waals surface area contributed by atoms with Gasteiger partial charge in [-0.3, -0.25) is 4.90 Å². The number of nitrogens with one attached hydrogen (secondary N) is 1. The molecule has 0 spiro atoms. The van der Waals surface area contributed by atoms with Gasteiger partial charge in [-0.15, -0.1) is 0 Å². The van der Waals surface area contributed by atoms with Gasteiger partial charge in [-0.1, -0.05) is 6.92 Å². The van der Waals surface area contributed by atoms with Gasteiger partial charge in [0.15, 0.2) is 0 Å². The second-order valence-corrected chi connectivity index (χ2v) is 4.66. The Bertz CT molecular complexity index is 147. The molecular formula is C11H24N2. The van der Waals surface area contributed by atoms with Gasteiger partial charge in [-0.05, 0) is 46.2 Å². The van der Waals surface area contributed by atoms with Gasteiger partial charge in [0, 0.05) is 18.6 Å². The predicted octanol–water partition coefficient (Wildman–Crippen LogP) is 1.71. The van der Waals surface area contributed by atoms with E-state index >= 15 is 0 Å². The van der Waals surface area contributed by atoms with Crippen molar-refractivity contribution in [1.82, 2.24) is 10.2 Å². The molecule has 78 valence electrons. The minimum atomic E-state index is 0.621. The summed E-state index contributed by atoms with van der Waals surface area (Å²) in [6, 6.07) is 1.40. The first kappa shape index (κ1) is 11.0. The van der Waals surface area contributed by atoms with Gasteiger partial charge in [-0.2, -0.15) is 0 Å². The summed E-state index contributed by atoms with van der Waals surface area (Å²) in [4.78, 5) is 2.61. The highest BCUT2D eigenvalue weighted by molar-refractivity contribution is 4.79. The van der Waals surface area contributed by atoms with Crippen molar-refractivity contribution in [2.75, 3.05) is 20.1 Å². The normalized spacial score (nSPS) is 33.2. The summed E-state index contributed by atoms with van der Waals surface area (Å²) in [5.74, 6) is 0.927. The van der Waals surface area contributed by atoms with E-state index in [1.54, 1.807) is 0 Å². The molecule has 0 saturated carbocycles. The van der Waals surface area contributed by atoms with E-state index in [1.165, 1.54) is 25.9 Å². The monoisotopic (exact) mass is 184 g/mol. The molecule has 2 nitrogen and oxygen atoms in total. The number of hydrogen-bond acceptors (Lipinski definition) is 2. The van der Waals surface area contributed by atoms with Gasteiger partial charge in [0.1, 0.15) is 0 Å². The van der Waals surface area contributed by atoms with E-state index in [0.29, 0.717) is 6.04 Å². The van der Waals surface area contributed by atoms with Crippen molar-refractivity contribution < 1.29 is 0 Å². The Morgan fingerprint density at radius 2 is 2.15 bits per heavy atom. The number of likely N-dealkylation sites (N-methyl/N-ethyl adjacent to an activating group) is 1. The molecule has 2 heteroatoms. The Hall–Kier alpha value is -0.0800. The van der Waals surface area contributed by atoms with E-state index in [2.05, 4.69) is 31.0 Å². The number of hydrogen-bond donors (Lipinski definition) is 1. The maximum atomic E-state index is 3.30. The van der Waals surface area contributed by atoms with Crippen LogP contribution in [0.4, 0.5) is 0 Å². The molecule has 0 aromatic rings. The van der Waals surface area contributed by atoms with Gasteiger partial charge >= 0.3 is 0 Å². The molecule has 1 aliphatic heterocycles. The van der Waals surface area contributed by atoms with E-state index in [1.807, 2.05) is 7.05 Å². The average Bonchev–Trinajstić information content (AvgIpc) is 2.09. The van der Waals surface area contributed by atoms with Crippen molar-refractivity contribution in [3.63, 3.8) is 0 Å². The maximum Gasteiger partial charge on any atom is 0.0163 e. The predicted molar refractivity (Wildman–Crippen MR) is 58.0 cm³/mol. The van der Waals surface area contributed by atoms with Gasteiger partial charge < -0.3 is 5.32 Å². The lowest BCUT2D eigenvalue weighted by Crippen LogP contribution is -2.46. The molecule has 0 aromatic heterocycles. The molecule has 1 N–H and O–H groups in total. The van der Waals surface area contributed by atoms with Crippen LogP contribution in [0.3, 0.4) is 0 Å². The fraction of sp³-hybridized carbons (Fsp3) is 1.00. The fourth-order valence-corrected chi connectivity index (χ4v) is 2.17. The minimum absolute atomic E-state index is 0.621. The number of piperidine rings is 1. The van der Waals surface area contributed by atoms with Crippen LogP contribution in [-0.2, 0) is 0 Å². The van der Waals surface area contributed by atoms with Gasteiger partial charge in [0.25, 0.3) is 0 Å². The zero-order valence-electron chi connectivity index (χ0n) is 9.51. The van der Waals surface area contributed by atoms with Crippen molar-refractivity contribution in [2.24, 2.45) is 5.92 Å². The van der Waals surface area contributed by atoms with Crippen LogP contribution in [0.5, 0.6) is 0 Å². The molecule has 0 amide bonds. The average molecular weight is 184 g/mol. The highest BCUT2D eigenvalue weighted by atomic mass is 15.2. The van der Waals surface area contributed by atoms with Crippen molar-refractivity contribution in [2.45, 2.75) is 45.7 Å². The van der Waals surface area contributed by atoms with Crippen molar-refractivity contribution in [1.29, 1.82) is 0 Å². The smallest absolute Gasteiger partial charge is 0.0163 e. The fourth-order valence-electron chi connectivity index (χ4n) is 2.17. The molecule has 13 heavy (non-hydrogen) atoms. The van der Waals surface area contributed by atoms with Crippen LogP contribution in [0.1, 0.15) is 33.6 Å². The molecule has 1 rings (SSSR count). The first-order chi connectivity index (χ1) is 6.13. The molecule has 1 aliphatic rings. The van der Waals surface area contributed by atoms with Crippen molar-refractivity contribution in [3.05, 3.63) is 0 Å². The number of nitrogens with zero attached hydrogens (tertiary/aromatic N) is 1. The Balaban J connectivity index is 2.33. The number of likely N-dealkylation sites (tertiary alicyclic amines) is 1. The molecule has 1 heterocycles. The molecule has 1 fully saturated rings. The lowest BCUT2D eigenvalue weighted by atomic mass is 9.93. The Morgan fingerprint density at radius 3 is 2.69 bits per heavy atom. The molecule has 3 atom stereocenters. The largest absolute Gasteiger partial charge is 0.316 e. The SMILES string of the molecule is CN[C@@H](C)CN1CCC(C)CC1C. The zero-order chi connectivity index (χ0) is 9.84. The highest BCUT2D eigenvalue weighted by Crippen LogP contribution is 2.21. The summed E-state index contributed by atoms with van der Waals surface area (Å²) in [6.07, 6.45) is 2.75. The van der Waals surface area contributed by atoms with Crippen molar-refractivity contribution in [3.8, 4) is 0 Å². The third-order valence-corrected chi connectivity index (χ3v) is 3.28. The van der Waals surface area contributed by atoms with Crippen LogP contribution >= 0.6 is 0 Å². The molecule has 0 radical (unpaired) electrons. The van der Waals surface area contributed by atoms with Crippen LogP contribution in [0.15, 0.2) is 0 Å². The van der Waals surface area contributed by atoms with Gasteiger partial charge in [0.05, 0.1) is 0 Å². The van der Waals surface area contributed by atoms with Gasteiger partial charge in [0.2, 0.25) is 0 Å². The maximum absolute atomic E-state index is 3.30. The molecule has 1 saturated heterocycles. The Labute approximate surface area is 82.7 Å². The van der Waals surface area contributed by atoms with Gasteiger partial charge in [-0.25, -0.2) is 0 Å². The summed E-state index contributed by atoms with van der Waals surface area (Å²) >= 11 is 0. The van der Waals surface area contributed by atoms with E-state index < -0.39 is 0 Å². The number of rotatable bonds is 3. The lowest BCUT2D eigenvalue weighted by Gasteiger charge is -2.37. The standard InChI is InChI=1S/C11H24N2/c1-9-5-6-13(11(3)7-9)8-10(2)12-4/h9-12H,5-8H2,1-4H3/t9?,10-,11?/m0/s1. The van der Waals surface area contributed by atoms with Crippen LogP contribution in [0, 0.1) is 5.92 Å². The molecule has 2 unspecified atom stereocenters. The third-order valence-electron chi connectivity index (χ3n) is 3.28. The summed E-state index contributed by atoms with van der Waals surface area (Å²) in [5, 5.41) is 3.30. The zero-order valence-corrected chi connectivity index (χ0v) is 9.51. The highest BCUT2D eigenvalue weighted by Gasteiger charge is 2.23. The molecular weight excluding hydrogens is 160 g/mol. The first-order valence-corrected chi connectivity index (χ1v) is 5.54. The summed E-state index contributed by atoms with van der Waals surface area (Å²) < 4.78 is 0. The molecule has 0 aliphatic carbocycles. The quantitative estimate of drug-likeness (QED) is 0.718. The molecule has 0 bridgehead atoms. The van der Waals surface area contributed by atoms with Crippen LogP contribution in [-0.4, -0.2) is 37.1 Å². The summed E-state index contributed by atoms with van der Waals surface area (Å²) in [6.45, 7) is 9.47. The Kier molecular flexibility index (Phi) is 4.20. The van der Waals surface area contributed by atoms with Crippen molar-refractivity contribution >= 4 is 0 Å². The van der Waals surface area contributed by atoms with E-state index in [4.69, 9.17) is 0 Å². The topological polar surface area (TPSA) is 15.3 Å². The van der Waals surface area contributed by atoms with E-state index in [9.17, 15) is 0 Å². The minimum Gasteiger partial charge on any atom is -0.316 e. The summed E-state index contributed by atoms with van der Waals surface area (Å²) in [5.41, 5.74) is 0. The second kappa shape index (κ2) is 4.97. The van der Waals surface area contributed by atoms with Crippen LogP contribution < -0.4 is 5.32 Å². The third kappa shape index (κ3) is 3.28. The first-order valence-electron chi connectivity index (χ1n) is 5.54. The lowest BCUT2D eigenvalue weighted by molar-refractivity contribution is 0.120. The Morgan fingerprint density at radius 1 is 1.46 bits per heavy atom. The second-order valence-electron chi connectivity index (χ2n) is 4.66. The van der Waals surface area contributed by atoms with Crippen LogP contribution in [0.2, 0.25) is 0 Å². The van der Waals surface area contributed by atoms with E-state index in [-0.39, 0.29) is 0 Å². The summed E-state index contributed by atoms with van der Waals surface area (Å²) in [7, 11) is 2.04. The van der Waals surface area contributed by atoms with Crippen LogP contribution in [0.25, 0.3) is 0 Å². The molecule has 0 aromatic carbocycles.